The molecule has 1 fully saturated rings. The van der Waals surface area contributed by atoms with Gasteiger partial charge in [-0.05, 0) is 37.5 Å². The second-order valence-corrected chi connectivity index (χ2v) is 6.68. The molecule has 0 unspecified atom stereocenters. The molecule has 2 atom stereocenters. The number of carbonyl (C=O) groups is 1. The van der Waals surface area contributed by atoms with Crippen LogP contribution in [0.15, 0.2) is 48.7 Å². The van der Waals surface area contributed by atoms with Crippen LogP contribution < -0.4 is 10.6 Å². The Morgan fingerprint density at radius 1 is 1.33 bits per heavy atom. The average molecular weight is 325 g/mol. The summed E-state index contributed by atoms with van der Waals surface area (Å²) in [5.41, 5.74) is 6.36. The Labute approximate surface area is 142 Å². The van der Waals surface area contributed by atoms with Crippen LogP contribution in [0.1, 0.15) is 29.3 Å². The van der Waals surface area contributed by atoms with E-state index in [-0.39, 0.29) is 5.92 Å². The normalized spacial score (nSPS) is 23.9. The monoisotopic (exact) mass is 325 g/mol. The lowest BCUT2D eigenvalue weighted by Crippen LogP contribution is -2.51. The molecular formula is C19H23N3O2. The van der Waals surface area contributed by atoms with Gasteiger partial charge < -0.3 is 15.7 Å². The fourth-order valence-corrected chi connectivity index (χ4v) is 3.34. The van der Waals surface area contributed by atoms with Gasteiger partial charge in [0.25, 0.3) is 5.91 Å². The summed E-state index contributed by atoms with van der Waals surface area (Å²) in [5, 5.41) is 10.8. The minimum atomic E-state index is -0.742. The number of pyridine rings is 1. The standard InChI is InChI=1S/C19H23N3O2/c1-19(24)9-11-22(18-16(17(20)23)8-5-10-21-18)13-15(19)12-14-6-3-2-4-7-14/h2-8,10,15,24H,9,11-13H2,1H3,(H2,20,23)/t15-,19+/m1/s1. The molecule has 0 spiro atoms. The Morgan fingerprint density at radius 3 is 2.79 bits per heavy atom. The highest BCUT2D eigenvalue weighted by atomic mass is 16.3. The fraction of sp³-hybridized carbons (Fsp3) is 0.368. The molecule has 1 aromatic carbocycles. The van der Waals surface area contributed by atoms with Gasteiger partial charge in [-0.2, -0.15) is 0 Å². The van der Waals surface area contributed by atoms with E-state index in [1.54, 1.807) is 18.3 Å². The smallest absolute Gasteiger partial charge is 0.252 e. The van der Waals surface area contributed by atoms with Gasteiger partial charge in [-0.3, -0.25) is 4.79 Å². The predicted octanol–water partition coefficient (Wildman–Crippen LogP) is 2.00. The maximum Gasteiger partial charge on any atom is 0.252 e. The molecule has 2 aromatic rings. The number of hydrogen-bond acceptors (Lipinski definition) is 4. The van der Waals surface area contributed by atoms with Crippen molar-refractivity contribution in [3.05, 3.63) is 59.8 Å². The molecule has 1 aromatic heterocycles. The SMILES string of the molecule is C[C@]1(O)CCN(c2ncccc2C(N)=O)C[C@H]1Cc1ccccc1. The Hall–Kier alpha value is -2.40. The molecule has 5 heteroatoms. The third-order valence-corrected chi connectivity index (χ3v) is 4.88. The van der Waals surface area contributed by atoms with Gasteiger partial charge in [0.1, 0.15) is 5.82 Å². The Morgan fingerprint density at radius 2 is 2.08 bits per heavy atom. The van der Waals surface area contributed by atoms with Gasteiger partial charge in [0.2, 0.25) is 0 Å². The Kier molecular flexibility index (Phi) is 4.53. The molecular weight excluding hydrogens is 302 g/mol. The van der Waals surface area contributed by atoms with Gasteiger partial charge in [0.05, 0.1) is 11.2 Å². The highest BCUT2D eigenvalue weighted by Gasteiger charge is 2.38. The lowest BCUT2D eigenvalue weighted by molar-refractivity contribution is -0.0168. The van der Waals surface area contributed by atoms with Crippen LogP contribution >= 0.6 is 0 Å². The maximum atomic E-state index is 11.7. The number of benzene rings is 1. The van der Waals surface area contributed by atoms with E-state index in [0.717, 1.165) is 6.42 Å². The Balaban J connectivity index is 1.84. The molecule has 5 nitrogen and oxygen atoms in total. The number of aromatic nitrogens is 1. The lowest BCUT2D eigenvalue weighted by Gasteiger charge is -2.43. The summed E-state index contributed by atoms with van der Waals surface area (Å²) in [7, 11) is 0. The molecule has 0 saturated carbocycles. The first-order chi connectivity index (χ1) is 11.5. The lowest BCUT2D eigenvalue weighted by atomic mass is 9.78. The molecule has 1 aliphatic rings. The molecule has 0 aliphatic carbocycles. The van der Waals surface area contributed by atoms with Crippen LogP contribution in [0.3, 0.4) is 0 Å². The van der Waals surface area contributed by atoms with E-state index in [4.69, 9.17) is 5.73 Å². The van der Waals surface area contributed by atoms with Crippen LogP contribution in [-0.4, -0.2) is 34.7 Å². The molecule has 24 heavy (non-hydrogen) atoms. The Bertz CT molecular complexity index is 716. The van der Waals surface area contributed by atoms with Gasteiger partial charge in [0, 0.05) is 25.2 Å². The predicted molar refractivity (Wildman–Crippen MR) is 93.8 cm³/mol. The summed E-state index contributed by atoms with van der Waals surface area (Å²) in [6, 6.07) is 13.6. The maximum absolute atomic E-state index is 11.7. The number of anilines is 1. The van der Waals surface area contributed by atoms with Crippen LogP contribution in [0.5, 0.6) is 0 Å². The van der Waals surface area contributed by atoms with Crippen LogP contribution in [0.4, 0.5) is 5.82 Å². The molecule has 1 aliphatic heterocycles. The van der Waals surface area contributed by atoms with Gasteiger partial charge in [-0.25, -0.2) is 4.98 Å². The summed E-state index contributed by atoms with van der Waals surface area (Å²) >= 11 is 0. The molecule has 3 rings (SSSR count). The van der Waals surface area contributed by atoms with Crippen molar-refractivity contribution in [3.63, 3.8) is 0 Å². The fourth-order valence-electron chi connectivity index (χ4n) is 3.34. The van der Waals surface area contributed by atoms with E-state index in [0.29, 0.717) is 30.9 Å². The van der Waals surface area contributed by atoms with Gasteiger partial charge in [-0.15, -0.1) is 0 Å². The highest BCUT2D eigenvalue weighted by molar-refractivity contribution is 5.97. The zero-order chi connectivity index (χ0) is 17.2. The van der Waals surface area contributed by atoms with Gasteiger partial charge in [-0.1, -0.05) is 30.3 Å². The number of nitrogens with zero attached hydrogens (tertiary/aromatic N) is 2. The minimum absolute atomic E-state index is 0.0522. The summed E-state index contributed by atoms with van der Waals surface area (Å²) in [4.78, 5) is 18.1. The molecule has 0 radical (unpaired) electrons. The summed E-state index contributed by atoms with van der Waals surface area (Å²) in [5.74, 6) is 0.185. The molecule has 2 heterocycles. The number of nitrogens with two attached hydrogens (primary N) is 1. The van der Waals surface area contributed by atoms with Crippen molar-refractivity contribution in [2.75, 3.05) is 18.0 Å². The number of amides is 1. The third kappa shape index (κ3) is 3.41. The zero-order valence-electron chi connectivity index (χ0n) is 13.9. The van der Waals surface area contributed by atoms with E-state index in [1.807, 2.05) is 25.1 Å². The summed E-state index contributed by atoms with van der Waals surface area (Å²) in [6.45, 7) is 3.18. The first-order valence-electron chi connectivity index (χ1n) is 8.23. The molecule has 126 valence electrons. The van der Waals surface area contributed by atoms with E-state index in [1.165, 1.54) is 5.56 Å². The molecule has 1 saturated heterocycles. The van der Waals surface area contributed by atoms with Gasteiger partial charge in [0.15, 0.2) is 0 Å². The molecule has 3 N–H and O–H groups in total. The van der Waals surface area contributed by atoms with Crippen molar-refractivity contribution in [1.82, 2.24) is 4.98 Å². The van der Waals surface area contributed by atoms with Crippen molar-refractivity contribution < 1.29 is 9.90 Å². The summed E-state index contributed by atoms with van der Waals surface area (Å²) in [6.07, 6.45) is 3.07. The van der Waals surface area contributed by atoms with Crippen LogP contribution in [0.2, 0.25) is 0 Å². The van der Waals surface area contributed by atoms with Crippen LogP contribution in [0.25, 0.3) is 0 Å². The third-order valence-electron chi connectivity index (χ3n) is 4.88. The van der Waals surface area contributed by atoms with E-state index >= 15 is 0 Å². The number of hydrogen-bond donors (Lipinski definition) is 2. The van der Waals surface area contributed by atoms with Crippen LogP contribution in [-0.2, 0) is 6.42 Å². The van der Waals surface area contributed by atoms with Crippen LogP contribution in [0, 0.1) is 5.92 Å². The largest absolute Gasteiger partial charge is 0.390 e. The van der Waals surface area contributed by atoms with Crippen molar-refractivity contribution in [1.29, 1.82) is 0 Å². The van der Waals surface area contributed by atoms with Gasteiger partial charge >= 0.3 is 0 Å². The minimum Gasteiger partial charge on any atom is -0.390 e. The van der Waals surface area contributed by atoms with Crippen molar-refractivity contribution >= 4 is 11.7 Å². The highest BCUT2D eigenvalue weighted by Crippen LogP contribution is 2.33. The first-order valence-corrected chi connectivity index (χ1v) is 8.23. The number of primary amides is 1. The number of piperidine rings is 1. The van der Waals surface area contributed by atoms with E-state index < -0.39 is 11.5 Å². The number of aliphatic hydroxyl groups is 1. The topological polar surface area (TPSA) is 79.4 Å². The average Bonchev–Trinajstić information content (AvgIpc) is 2.57. The molecule has 0 bridgehead atoms. The van der Waals surface area contributed by atoms with E-state index in [9.17, 15) is 9.90 Å². The summed E-state index contributed by atoms with van der Waals surface area (Å²) < 4.78 is 0. The number of rotatable bonds is 4. The molecule has 1 amide bonds. The first kappa shape index (κ1) is 16.5. The second kappa shape index (κ2) is 6.61. The van der Waals surface area contributed by atoms with Crippen molar-refractivity contribution in [3.8, 4) is 0 Å². The van der Waals surface area contributed by atoms with Crippen molar-refractivity contribution in [2.24, 2.45) is 11.7 Å². The van der Waals surface area contributed by atoms with Crippen molar-refractivity contribution in [2.45, 2.75) is 25.4 Å². The zero-order valence-corrected chi connectivity index (χ0v) is 13.9. The second-order valence-electron chi connectivity index (χ2n) is 6.68. The van der Waals surface area contributed by atoms with E-state index in [2.05, 4.69) is 22.0 Å². The quantitative estimate of drug-likeness (QED) is 0.901. The number of carbonyl (C=O) groups excluding carboxylic acids is 1.